The molecule has 0 spiro atoms. The third-order valence-corrected chi connectivity index (χ3v) is 5.36. The maximum atomic E-state index is 13.4. The van der Waals surface area contributed by atoms with Gasteiger partial charge in [-0.25, -0.2) is 4.39 Å². The van der Waals surface area contributed by atoms with Gasteiger partial charge in [0.05, 0.1) is 16.6 Å². The average Bonchev–Trinajstić information content (AvgIpc) is 2.94. The Labute approximate surface area is 126 Å². The molecule has 0 aliphatic heterocycles. The minimum Gasteiger partial charge on any atom is -0.326 e. The SMILES string of the molecule is NCc1ccc(F)cc1CS(=O)c1ccc2c(c1)CCC2. The predicted octanol–water partition coefficient (Wildman–Crippen LogP) is 3.08. The quantitative estimate of drug-likeness (QED) is 0.943. The largest absolute Gasteiger partial charge is 0.326 e. The van der Waals surface area contributed by atoms with Gasteiger partial charge in [-0.3, -0.25) is 4.21 Å². The molecular formula is C17H18FNOS. The van der Waals surface area contributed by atoms with Crippen LogP contribution in [0.4, 0.5) is 4.39 Å². The molecule has 0 saturated carbocycles. The van der Waals surface area contributed by atoms with Gasteiger partial charge in [0.25, 0.3) is 0 Å². The molecule has 110 valence electrons. The highest BCUT2D eigenvalue weighted by Crippen LogP contribution is 2.25. The Hall–Kier alpha value is -1.52. The third kappa shape index (κ3) is 3.06. The number of nitrogens with two attached hydrogens (primary N) is 1. The molecule has 0 bridgehead atoms. The van der Waals surface area contributed by atoms with E-state index in [0.717, 1.165) is 28.9 Å². The minimum absolute atomic E-state index is 0.309. The van der Waals surface area contributed by atoms with E-state index in [1.807, 2.05) is 12.1 Å². The zero-order valence-corrected chi connectivity index (χ0v) is 12.6. The van der Waals surface area contributed by atoms with Crippen LogP contribution in [0.2, 0.25) is 0 Å². The van der Waals surface area contributed by atoms with E-state index < -0.39 is 10.8 Å². The van der Waals surface area contributed by atoms with E-state index in [2.05, 4.69) is 6.07 Å². The van der Waals surface area contributed by atoms with E-state index in [-0.39, 0.29) is 5.82 Å². The summed E-state index contributed by atoms with van der Waals surface area (Å²) in [5, 5.41) is 0. The van der Waals surface area contributed by atoms with E-state index in [9.17, 15) is 8.60 Å². The number of aryl methyl sites for hydroxylation is 2. The van der Waals surface area contributed by atoms with Crippen LogP contribution in [-0.2, 0) is 35.9 Å². The highest BCUT2D eigenvalue weighted by molar-refractivity contribution is 7.84. The summed E-state index contributed by atoms with van der Waals surface area (Å²) >= 11 is 0. The molecule has 2 nitrogen and oxygen atoms in total. The summed E-state index contributed by atoms with van der Waals surface area (Å²) < 4.78 is 25.9. The minimum atomic E-state index is -1.17. The Bertz CT molecular complexity index is 699. The third-order valence-electron chi connectivity index (χ3n) is 4.01. The second kappa shape index (κ2) is 6.08. The summed E-state index contributed by atoms with van der Waals surface area (Å²) in [6.07, 6.45) is 3.35. The van der Waals surface area contributed by atoms with Crippen molar-refractivity contribution >= 4 is 10.8 Å². The molecule has 1 aliphatic carbocycles. The second-order valence-corrected chi connectivity index (χ2v) is 6.84. The van der Waals surface area contributed by atoms with E-state index in [0.29, 0.717) is 12.3 Å². The van der Waals surface area contributed by atoms with Crippen LogP contribution < -0.4 is 5.73 Å². The molecule has 0 radical (unpaired) electrons. The van der Waals surface area contributed by atoms with Crippen LogP contribution in [-0.4, -0.2) is 4.21 Å². The van der Waals surface area contributed by atoms with Gasteiger partial charge in [0.1, 0.15) is 5.82 Å². The predicted molar refractivity (Wildman–Crippen MR) is 82.9 cm³/mol. The van der Waals surface area contributed by atoms with Gasteiger partial charge in [-0.1, -0.05) is 12.1 Å². The lowest BCUT2D eigenvalue weighted by Crippen LogP contribution is -2.05. The van der Waals surface area contributed by atoms with Crippen LogP contribution in [0.3, 0.4) is 0 Å². The first kappa shape index (κ1) is 14.4. The van der Waals surface area contributed by atoms with Crippen LogP contribution in [0, 0.1) is 5.82 Å². The van der Waals surface area contributed by atoms with Crippen LogP contribution >= 0.6 is 0 Å². The Morgan fingerprint density at radius 3 is 2.67 bits per heavy atom. The lowest BCUT2D eigenvalue weighted by Gasteiger charge is -2.09. The van der Waals surface area contributed by atoms with Crippen molar-refractivity contribution in [2.24, 2.45) is 5.73 Å². The number of hydrogen-bond acceptors (Lipinski definition) is 2. The van der Waals surface area contributed by atoms with Crippen molar-refractivity contribution in [1.29, 1.82) is 0 Å². The first-order chi connectivity index (χ1) is 10.2. The normalized spacial score (nSPS) is 15.0. The Balaban J connectivity index is 1.85. The molecule has 1 unspecified atom stereocenters. The van der Waals surface area contributed by atoms with Crippen molar-refractivity contribution in [1.82, 2.24) is 0 Å². The van der Waals surface area contributed by atoms with E-state index in [1.54, 1.807) is 6.07 Å². The highest BCUT2D eigenvalue weighted by Gasteiger charge is 2.14. The van der Waals surface area contributed by atoms with E-state index in [1.165, 1.54) is 29.7 Å². The fourth-order valence-electron chi connectivity index (χ4n) is 2.84. The van der Waals surface area contributed by atoms with Crippen molar-refractivity contribution in [2.75, 3.05) is 0 Å². The summed E-state index contributed by atoms with van der Waals surface area (Å²) in [7, 11) is -1.17. The zero-order valence-electron chi connectivity index (χ0n) is 11.8. The lowest BCUT2D eigenvalue weighted by molar-refractivity contribution is 0.625. The molecule has 0 fully saturated rings. The molecule has 0 saturated heterocycles. The van der Waals surface area contributed by atoms with Gasteiger partial charge in [0.2, 0.25) is 0 Å². The van der Waals surface area contributed by atoms with E-state index >= 15 is 0 Å². The molecule has 2 aromatic carbocycles. The molecule has 3 rings (SSSR count). The van der Waals surface area contributed by atoms with Crippen molar-refractivity contribution in [3.05, 3.63) is 64.5 Å². The number of hydrogen-bond donors (Lipinski definition) is 1. The summed E-state index contributed by atoms with van der Waals surface area (Å²) in [6.45, 7) is 0.330. The van der Waals surface area contributed by atoms with Gasteiger partial charge in [-0.15, -0.1) is 0 Å². The summed E-state index contributed by atoms with van der Waals surface area (Å²) in [6, 6.07) is 10.6. The first-order valence-electron chi connectivity index (χ1n) is 7.15. The number of benzene rings is 2. The fourth-order valence-corrected chi connectivity index (χ4v) is 4.05. The molecule has 1 aliphatic rings. The van der Waals surface area contributed by atoms with Gasteiger partial charge in [0, 0.05) is 11.4 Å². The van der Waals surface area contributed by atoms with Crippen molar-refractivity contribution in [3.63, 3.8) is 0 Å². The standard InChI is InChI=1S/C17H18FNOS/c18-16-6-4-14(10-19)15(8-16)11-21(20)17-7-5-12-2-1-3-13(12)9-17/h4-9H,1-3,10-11,19H2. The second-order valence-electron chi connectivity index (χ2n) is 5.39. The van der Waals surface area contributed by atoms with Crippen molar-refractivity contribution in [3.8, 4) is 0 Å². The van der Waals surface area contributed by atoms with Crippen LogP contribution in [0.1, 0.15) is 28.7 Å². The Kier molecular flexibility index (Phi) is 4.17. The smallest absolute Gasteiger partial charge is 0.123 e. The first-order valence-corrected chi connectivity index (χ1v) is 8.47. The topological polar surface area (TPSA) is 43.1 Å². The molecule has 4 heteroatoms. The van der Waals surface area contributed by atoms with Gasteiger partial charge in [-0.2, -0.15) is 0 Å². The average molecular weight is 303 g/mol. The maximum absolute atomic E-state index is 13.4. The molecular weight excluding hydrogens is 285 g/mol. The van der Waals surface area contributed by atoms with Gasteiger partial charge < -0.3 is 5.73 Å². The number of halogens is 1. The molecule has 0 amide bonds. The molecule has 0 heterocycles. The van der Waals surface area contributed by atoms with Crippen LogP contribution in [0.25, 0.3) is 0 Å². The molecule has 2 aromatic rings. The molecule has 0 aromatic heterocycles. The molecule has 21 heavy (non-hydrogen) atoms. The zero-order chi connectivity index (χ0) is 14.8. The van der Waals surface area contributed by atoms with Crippen LogP contribution in [0.5, 0.6) is 0 Å². The van der Waals surface area contributed by atoms with Crippen molar-refractivity contribution < 1.29 is 8.60 Å². The summed E-state index contributed by atoms with van der Waals surface area (Å²) in [5.41, 5.74) is 9.92. The number of fused-ring (bicyclic) bond motifs is 1. The highest BCUT2D eigenvalue weighted by atomic mass is 32.2. The summed E-state index contributed by atoms with van der Waals surface area (Å²) in [5.74, 6) is -0.00328. The van der Waals surface area contributed by atoms with Gasteiger partial charge >= 0.3 is 0 Å². The van der Waals surface area contributed by atoms with E-state index in [4.69, 9.17) is 5.73 Å². The van der Waals surface area contributed by atoms with Crippen molar-refractivity contribution in [2.45, 2.75) is 36.5 Å². The maximum Gasteiger partial charge on any atom is 0.123 e. The molecule has 1 atom stereocenters. The molecule has 2 N–H and O–H groups in total. The monoisotopic (exact) mass is 303 g/mol. The van der Waals surface area contributed by atoms with Gasteiger partial charge in [-0.05, 0) is 65.8 Å². The fraction of sp³-hybridized carbons (Fsp3) is 0.294. The summed E-state index contributed by atoms with van der Waals surface area (Å²) in [4.78, 5) is 0.822. The Morgan fingerprint density at radius 2 is 1.86 bits per heavy atom. The number of rotatable bonds is 4. The van der Waals surface area contributed by atoms with Gasteiger partial charge in [0.15, 0.2) is 0 Å². The Morgan fingerprint density at radius 1 is 1.05 bits per heavy atom. The van der Waals surface area contributed by atoms with Crippen LogP contribution in [0.15, 0.2) is 41.3 Å². The lowest BCUT2D eigenvalue weighted by atomic mass is 10.1.